The maximum absolute atomic E-state index is 12.2. The van der Waals surface area contributed by atoms with Crippen LogP contribution in [0.3, 0.4) is 0 Å². The molecule has 24 heavy (non-hydrogen) atoms. The highest BCUT2D eigenvalue weighted by atomic mass is 35.5. The summed E-state index contributed by atoms with van der Waals surface area (Å²) in [5.41, 5.74) is 4.77. The van der Waals surface area contributed by atoms with Crippen molar-refractivity contribution in [3.05, 3.63) is 74.3 Å². The number of halogens is 1. The number of carbonyl (C=O) groups excluding carboxylic acids is 1. The van der Waals surface area contributed by atoms with Crippen LogP contribution in [0.4, 0.5) is 5.69 Å². The van der Waals surface area contributed by atoms with Crippen LogP contribution in [0.25, 0.3) is 0 Å². The number of hydrazone groups is 1. The molecular weight excluding hydrogens is 330 g/mol. The van der Waals surface area contributed by atoms with Crippen LogP contribution < -0.4 is 5.43 Å². The molecule has 0 spiro atoms. The number of nitro benzene ring substituents is 1. The number of nitrogens with zero attached hydrogens (tertiary/aromatic N) is 2. The molecule has 0 saturated carbocycles. The molecule has 0 unspecified atom stereocenters. The van der Waals surface area contributed by atoms with Gasteiger partial charge in [-0.2, -0.15) is 5.10 Å². The van der Waals surface area contributed by atoms with Gasteiger partial charge in [-0.05, 0) is 43.2 Å². The van der Waals surface area contributed by atoms with E-state index in [9.17, 15) is 14.9 Å². The molecule has 7 heteroatoms. The normalized spacial score (nSPS) is 11.2. The molecule has 0 aliphatic rings. The first-order valence-electron chi connectivity index (χ1n) is 7.30. The summed E-state index contributed by atoms with van der Waals surface area (Å²) in [5, 5.41) is 15.6. The van der Waals surface area contributed by atoms with Crippen LogP contribution in [0.2, 0.25) is 5.02 Å². The molecule has 0 aliphatic heterocycles. The lowest BCUT2D eigenvalue weighted by molar-refractivity contribution is -0.385. The van der Waals surface area contributed by atoms with Gasteiger partial charge < -0.3 is 0 Å². The Balaban J connectivity index is 2.17. The first kappa shape index (κ1) is 17.6. The van der Waals surface area contributed by atoms with E-state index < -0.39 is 10.8 Å². The lowest BCUT2D eigenvalue weighted by Crippen LogP contribution is -2.20. The fraction of sp³-hybridized carbons (Fsp3) is 0.176. The van der Waals surface area contributed by atoms with Crippen molar-refractivity contribution < 1.29 is 9.72 Å². The number of benzene rings is 2. The second-order valence-electron chi connectivity index (χ2n) is 5.12. The van der Waals surface area contributed by atoms with Gasteiger partial charge in [-0.25, -0.2) is 5.43 Å². The maximum Gasteiger partial charge on any atom is 0.272 e. The monoisotopic (exact) mass is 345 g/mol. The summed E-state index contributed by atoms with van der Waals surface area (Å²) in [4.78, 5) is 22.5. The molecule has 0 bridgehead atoms. The summed E-state index contributed by atoms with van der Waals surface area (Å²) in [6.07, 6.45) is 0.626. The number of amides is 1. The van der Waals surface area contributed by atoms with Gasteiger partial charge in [0.15, 0.2) is 0 Å². The quantitative estimate of drug-likeness (QED) is 0.503. The number of carbonyl (C=O) groups is 1. The van der Waals surface area contributed by atoms with Crippen molar-refractivity contribution in [2.45, 2.75) is 20.3 Å². The van der Waals surface area contributed by atoms with Gasteiger partial charge in [-0.15, -0.1) is 0 Å². The molecule has 0 fully saturated rings. The SMILES string of the molecule is CC/C(=N\NC(=O)c1ccc([N+](=O)[O-])c(C)c1)c1ccc(Cl)cc1. The lowest BCUT2D eigenvalue weighted by Gasteiger charge is -2.06. The van der Waals surface area contributed by atoms with Crippen LogP contribution in [-0.4, -0.2) is 16.5 Å². The zero-order valence-corrected chi connectivity index (χ0v) is 14.0. The second-order valence-corrected chi connectivity index (χ2v) is 5.55. The molecule has 0 aliphatic carbocycles. The first-order valence-corrected chi connectivity index (χ1v) is 7.68. The Morgan fingerprint density at radius 3 is 2.38 bits per heavy atom. The summed E-state index contributed by atoms with van der Waals surface area (Å²) in [5.74, 6) is -0.423. The number of nitrogens with one attached hydrogen (secondary N) is 1. The average molecular weight is 346 g/mol. The van der Waals surface area contributed by atoms with Gasteiger partial charge in [0, 0.05) is 22.2 Å². The molecule has 1 N–H and O–H groups in total. The van der Waals surface area contributed by atoms with E-state index >= 15 is 0 Å². The van der Waals surface area contributed by atoms with E-state index in [4.69, 9.17) is 11.6 Å². The maximum atomic E-state index is 12.2. The van der Waals surface area contributed by atoms with Gasteiger partial charge in [-0.1, -0.05) is 30.7 Å². The van der Waals surface area contributed by atoms with E-state index in [0.717, 1.165) is 5.56 Å². The molecule has 0 radical (unpaired) electrons. The van der Waals surface area contributed by atoms with Gasteiger partial charge in [0.2, 0.25) is 0 Å². The predicted octanol–water partition coefficient (Wildman–Crippen LogP) is 4.10. The van der Waals surface area contributed by atoms with Crippen LogP contribution >= 0.6 is 11.6 Å². The summed E-state index contributed by atoms with van der Waals surface area (Å²) in [6.45, 7) is 3.51. The van der Waals surface area contributed by atoms with Crippen LogP contribution in [0.5, 0.6) is 0 Å². The van der Waals surface area contributed by atoms with E-state index in [0.29, 0.717) is 28.3 Å². The summed E-state index contributed by atoms with van der Waals surface area (Å²) in [6, 6.07) is 11.3. The van der Waals surface area contributed by atoms with Crippen molar-refractivity contribution >= 4 is 28.9 Å². The fourth-order valence-electron chi connectivity index (χ4n) is 2.17. The largest absolute Gasteiger partial charge is 0.272 e. The molecule has 0 heterocycles. The Hall–Kier alpha value is -2.73. The van der Waals surface area contributed by atoms with E-state index in [1.807, 2.05) is 19.1 Å². The third-order valence-corrected chi connectivity index (χ3v) is 3.71. The number of aryl methyl sites for hydroxylation is 1. The van der Waals surface area contributed by atoms with Crippen LogP contribution in [0.15, 0.2) is 47.6 Å². The van der Waals surface area contributed by atoms with E-state index in [-0.39, 0.29) is 5.69 Å². The molecule has 2 rings (SSSR count). The molecule has 2 aromatic carbocycles. The minimum Gasteiger partial charge on any atom is -0.267 e. The molecule has 0 aromatic heterocycles. The van der Waals surface area contributed by atoms with Crippen LogP contribution in [0, 0.1) is 17.0 Å². The Morgan fingerprint density at radius 2 is 1.83 bits per heavy atom. The summed E-state index contributed by atoms with van der Waals surface area (Å²) < 4.78 is 0. The highest BCUT2D eigenvalue weighted by Gasteiger charge is 2.13. The Morgan fingerprint density at radius 1 is 1.21 bits per heavy atom. The number of nitro groups is 1. The highest BCUT2D eigenvalue weighted by molar-refractivity contribution is 6.30. The molecule has 1 amide bonds. The first-order chi connectivity index (χ1) is 11.4. The molecule has 2 aromatic rings. The minimum atomic E-state index is -0.481. The van der Waals surface area contributed by atoms with Crippen LogP contribution in [-0.2, 0) is 0 Å². The van der Waals surface area contributed by atoms with Crippen molar-refractivity contribution in [3.8, 4) is 0 Å². The van der Waals surface area contributed by atoms with Gasteiger partial charge in [0.25, 0.3) is 11.6 Å². The molecule has 124 valence electrons. The average Bonchev–Trinajstić information content (AvgIpc) is 2.56. The summed E-state index contributed by atoms with van der Waals surface area (Å²) in [7, 11) is 0. The van der Waals surface area contributed by atoms with Crippen molar-refractivity contribution in [2.24, 2.45) is 5.10 Å². The number of hydrogen-bond donors (Lipinski definition) is 1. The van der Waals surface area contributed by atoms with Crippen molar-refractivity contribution in [1.29, 1.82) is 0 Å². The zero-order valence-electron chi connectivity index (χ0n) is 13.2. The topological polar surface area (TPSA) is 84.6 Å². The van der Waals surface area contributed by atoms with Gasteiger partial charge in [-0.3, -0.25) is 14.9 Å². The van der Waals surface area contributed by atoms with Crippen molar-refractivity contribution in [2.75, 3.05) is 0 Å². The predicted molar refractivity (Wildman–Crippen MR) is 93.6 cm³/mol. The number of hydrogen-bond acceptors (Lipinski definition) is 4. The van der Waals surface area contributed by atoms with Gasteiger partial charge in [0.1, 0.15) is 0 Å². The lowest BCUT2D eigenvalue weighted by atomic mass is 10.1. The summed E-state index contributed by atoms with van der Waals surface area (Å²) >= 11 is 5.86. The Labute approximate surface area is 144 Å². The highest BCUT2D eigenvalue weighted by Crippen LogP contribution is 2.18. The number of rotatable bonds is 5. The molecule has 0 saturated heterocycles. The third kappa shape index (κ3) is 4.17. The van der Waals surface area contributed by atoms with E-state index in [1.54, 1.807) is 19.1 Å². The second kappa shape index (κ2) is 7.70. The molecule has 6 nitrogen and oxygen atoms in total. The zero-order chi connectivity index (χ0) is 17.7. The van der Waals surface area contributed by atoms with Gasteiger partial charge in [0.05, 0.1) is 10.6 Å². The van der Waals surface area contributed by atoms with Crippen molar-refractivity contribution in [3.63, 3.8) is 0 Å². The minimum absolute atomic E-state index is 0.0227. The smallest absolute Gasteiger partial charge is 0.267 e. The fourth-order valence-corrected chi connectivity index (χ4v) is 2.30. The Kier molecular flexibility index (Phi) is 5.65. The standard InChI is InChI=1S/C17H16ClN3O3/c1-3-15(12-4-7-14(18)8-5-12)19-20-17(22)13-6-9-16(21(23)24)11(2)10-13/h4-10H,3H2,1-2H3,(H,20,22)/b19-15+. The van der Waals surface area contributed by atoms with Gasteiger partial charge >= 0.3 is 0 Å². The molecular formula is C17H16ClN3O3. The Bertz CT molecular complexity index is 801. The van der Waals surface area contributed by atoms with E-state index in [2.05, 4.69) is 10.5 Å². The van der Waals surface area contributed by atoms with Crippen LogP contribution in [0.1, 0.15) is 34.8 Å². The molecule has 0 atom stereocenters. The third-order valence-electron chi connectivity index (χ3n) is 3.46. The van der Waals surface area contributed by atoms with Crippen molar-refractivity contribution in [1.82, 2.24) is 5.43 Å². The van der Waals surface area contributed by atoms with E-state index in [1.165, 1.54) is 18.2 Å².